The molecule has 0 radical (unpaired) electrons. The Morgan fingerprint density at radius 1 is 1.13 bits per heavy atom. The number of aryl methyl sites for hydroxylation is 1. The highest BCUT2D eigenvalue weighted by atomic mass is 32.2. The van der Waals surface area contributed by atoms with Crippen molar-refractivity contribution in [3.63, 3.8) is 0 Å². The summed E-state index contributed by atoms with van der Waals surface area (Å²) in [4.78, 5) is 22.0. The summed E-state index contributed by atoms with van der Waals surface area (Å²) < 4.78 is 29.6. The number of nitrogens with zero attached hydrogens (tertiary/aromatic N) is 1. The second-order valence-electron chi connectivity index (χ2n) is 6.45. The molecule has 7 nitrogen and oxygen atoms in total. The van der Waals surface area contributed by atoms with Crippen LogP contribution < -0.4 is 10.1 Å². The predicted molar refractivity (Wildman–Crippen MR) is 114 cm³/mol. The van der Waals surface area contributed by atoms with E-state index in [1.807, 2.05) is 25.1 Å². The number of pyridine rings is 1. The van der Waals surface area contributed by atoms with Gasteiger partial charge in [-0.3, -0.25) is 4.79 Å². The molecule has 2 aromatic carbocycles. The summed E-state index contributed by atoms with van der Waals surface area (Å²) in [5, 5.41) is 3.36. The van der Waals surface area contributed by atoms with Crippen LogP contribution in [0, 0.1) is 12.7 Å². The molecule has 0 aliphatic carbocycles. The minimum absolute atomic E-state index is 0.232. The number of carbonyl (C=O) groups is 1. The van der Waals surface area contributed by atoms with E-state index < -0.39 is 11.7 Å². The topological polar surface area (TPSA) is 82.8 Å². The summed E-state index contributed by atoms with van der Waals surface area (Å²) in [6.45, 7) is 1.81. The van der Waals surface area contributed by atoms with Crippen LogP contribution in [-0.2, 0) is 9.22 Å². The number of carbonyl (C=O) groups excluding carboxylic acids is 1. The van der Waals surface area contributed by atoms with E-state index in [1.54, 1.807) is 24.3 Å². The molecule has 158 valence electrons. The van der Waals surface area contributed by atoms with Crippen molar-refractivity contribution < 1.29 is 27.6 Å². The molecule has 31 heavy (non-hydrogen) atoms. The van der Waals surface area contributed by atoms with Crippen LogP contribution in [0.5, 0.6) is 11.5 Å². The Bertz CT molecular complexity index is 1210. The highest BCUT2D eigenvalue weighted by molar-refractivity contribution is 7.94. The monoisotopic (exact) mass is 440 g/mol. The molecule has 9 heteroatoms. The second-order valence-corrected chi connectivity index (χ2v) is 7.22. The SMILES string of the molecule is COOSc1ccc(Oc2cc(C(=O)Nc3ccc(F)cn3)cc3oc(C)cc23)cc1. The molecular weight excluding hydrogens is 423 g/mol. The Morgan fingerprint density at radius 3 is 2.65 bits per heavy atom. The van der Waals surface area contributed by atoms with Crippen molar-refractivity contribution in [3.8, 4) is 11.5 Å². The van der Waals surface area contributed by atoms with Gasteiger partial charge >= 0.3 is 0 Å². The zero-order valence-electron chi connectivity index (χ0n) is 16.5. The number of furan rings is 1. The van der Waals surface area contributed by atoms with Crippen LogP contribution in [0.3, 0.4) is 0 Å². The molecule has 2 aromatic heterocycles. The number of amides is 1. The molecule has 1 amide bonds. The molecule has 4 aromatic rings. The molecule has 2 heterocycles. The van der Waals surface area contributed by atoms with E-state index in [9.17, 15) is 9.18 Å². The number of anilines is 1. The highest BCUT2D eigenvalue weighted by Crippen LogP contribution is 2.34. The van der Waals surface area contributed by atoms with Crippen LogP contribution >= 0.6 is 12.0 Å². The van der Waals surface area contributed by atoms with Crippen LogP contribution in [-0.4, -0.2) is 18.0 Å². The molecular formula is C22H17FN2O5S. The molecule has 1 N–H and O–H groups in total. The van der Waals surface area contributed by atoms with Gasteiger partial charge in [-0.05, 0) is 61.5 Å². The standard InChI is InChI=1S/C22H17FN2O5S/c1-13-9-18-19(28-13)10-14(22(26)25-21-8-3-15(23)12-24-21)11-20(18)29-16-4-6-17(7-5-16)31-30-27-2/h3-12H,1-2H3,(H,24,25,26). The van der Waals surface area contributed by atoms with Crippen LogP contribution in [0.25, 0.3) is 11.0 Å². The lowest BCUT2D eigenvalue weighted by atomic mass is 10.1. The summed E-state index contributed by atoms with van der Waals surface area (Å²) in [6, 6.07) is 14.8. The molecule has 0 bridgehead atoms. The first-order valence-corrected chi connectivity index (χ1v) is 9.88. The molecule has 0 saturated heterocycles. The fraction of sp³-hybridized carbons (Fsp3) is 0.0909. The minimum atomic E-state index is -0.487. The van der Waals surface area contributed by atoms with Gasteiger partial charge in [0, 0.05) is 10.5 Å². The zero-order valence-corrected chi connectivity index (χ0v) is 17.4. The molecule has 0 aliphatic rings. The first kappa shape index (κ1) is 20.9. The molecule has 0 saturated carbocycles. The van der Waals surface area contributed by atoms with Crippen molar-refractivity contribution in [1.82, 2.24) is 4.98 Å². The number of aromatic nitrogens is 1. The van der Waals surface area contributed by atoms with Crippen LogP contribution in [0.15, 0.2) is 70.1 Å². The van der Waals surface area contributed by atoms with Crippen molar-refractivity contribution in [2.24, 2.45) is 0 Å². The lowest BCUT2D eigenvalue weighted by Gasteiger charge is -2.10. The van der Waals surface area contributed by atoms with Gasteiger partial charge in [0.05, 0.1) is 30.7 Å². The van der Waals surface area contributed by atoms with Gasteiger partial charge in [0.15, 0.2) is 0 Å². The first-order chi connectivity index (χ1) is 15.0. The lowest BCUT2D eigenvalue weighted by molar-refractivity contribution is -0.160. The Morgan fingerprint density at radius 2 is 1.94 bits per heavy atom. The number of benzene rings is 2. The molecule has 0 fully saturated rings. The third kappa shape index (κ3) is 5.02. The van der Waals surface area contributed by atoms with Gasteiger partial charge in [0.1, 0.15) is 34.5 Å². The second kappa shape index (κ2) is 9.17. The van der Waals surface area contributed by atoms with Gasteiger partial charge in [-0.25, -0.2) is 14.3 Å². The van der Waals surface area contributed by atoms with Crippen molar-refractivity contribution >= 4 is 34.7 Å². The Labute approximate surface area is 181 Å². The van der Waals surface area contributed by atoms with E-state index in [0.29, 0.717) is 28.4 Å². The number of fused-ring (bicyclic) bond motifs is 1. The van der Waals surface area contributed by atoms with Crippen molar-refractivity contribution in [1.29, 1.82) is 0 Å². The Kier molecular flexibility index (Phi) is 6.17. The van der Waals surface area contributed by atoms with Crippen molar-refractivity contribution in [2.45, 2.75) is 11.8 Å². The van der Waals surface area contributed by atoms with Gasteiger partial charge in [0.25, 0.3) is 5.91 Å². The summed E-state index contributed by atoms with van der Waals surface area (Å²) in [5.41, 5.74) is 0.816. The fourth-order valence-corrected chi connectivity index (χ4v) is 3.25. The third-order valence-corrected chi connectivity index (χ3v) is 4.87. The van der Waals surface area contributed by atoms with E-state index in [0.717, 1.165) is 28.5 Å². The van der Waals surface area contributed by atoms with Crippen LogP contribution in [0.2, 0.25) is 0 Å². The largest absolute Gasteiger partial charge is 0.461 e. The van der Waals surface area contributed by atoms with Crippen molar-refractivity contribution in [2.75, 3.05) is 12.4 Å². The van der Waals surface area contributed by atoms with Gasteiger partial charge < -0.3 is 14.5 Å². The summed E-state index contributed by atoms with van der Waals surface area (Å²) >= 11 is 1.07. The summed E-state index contributed by atoms with van der Waals surface area (Å²) in [5.74, 6) is 1.03. The number of ether oxygens (including phenoxy) is 1. The third-order valence-electron chi connectivity index (χ3n) is 4.20. The van der Waals surface area contributed by atoms with Gasteiger partial charge in [0.2, 0.25) is 0 Å². The quantitative estimate of drug-likeness (QED) is 0.217. The summed E-state index contributed by atoms with van der Waals surface area (Å²) in [7, 11) is 1.43. The van der Waals surface area contributed by atoms with Gasteiger partial charge in [-0.15, -0.1) is 0 Å². The number of nitrogens with one attached hydrogen (secondary N) is 1. The van der Waals surface area contributed by atoms with E-state index in [2.05, 4.69) is 15.2 Å². The molecule has 0 unspecified atom stereocenters. The minimum Gasteiger partial charge on any atom is -0.461 e. The first-order valence-electron chi connectivity index (χ1n) is 9.14. The van der Waals surface area contributed by atoms with E-state index >= 15 is 0 Å². The Hall–Kier alpha value is -3.40. The molecule has 0 spiro atoms. The maximum absolute atomic E-state index is 13.1. The maximum atomic E-state index is 13.1. The predicted octanol–water partition coefficient (Wildman–Crippen LogP) is 5.91. The zero-order chi connectivity index (χ0) is 21.8. The number of halogens is 1. The number of rotatable bonds is 7. The smallest absolute Gasteiger partial charge is 0.257 e. The van der Waals surface area contributed by atoms with Crippen molar-refractivity contribution in [3.05, 3.63) is 77.9 Å². The highest BCUT2D eigenvalue weighted by Gasteiger charge is 2.16. The van der Waals surface area contributed by atoms with Gasteiger partial charge in [-0.1, -0.05) is 0 Å². The number of hydrogen-bond acceptors (Lipinski definition) is 7. The van der Waals surface area contributed by atoms with E-state index in [4.69, 9.17) is 13.5 Å². The fourth-order valence-electron chi connectivity index (χ4n) is 2.85. The molecule has 4 rings (SSSR count). The molecule has 0 atom stereocenters. The lowest BCUT2D eigenvalue weighted by Crippen LogP contribution is -2.13. The molecule has 0 aliphatic heterocycles. The van der Waals surface area contributed by atoms with Crippen LogP contribution in [0.1, 0.15) is 16.1 Å². The Balaban J connectivity index is 1.61. The normalized spacial score (nSPS) is 10.9. The van der Waals surface area contributed by atoms with E-state index in [-0.39, 0.29) is 5.82 Å². The number of hydrogen-bond donors (Lipinski definition) is 1. The van der Waals surface area contributed by atoms with Gasteiger partial charge in [-0.2, -0.15) is 4.33 Å². The average molecular weight is 440 g/mol. The van der Waals surface area contributed by atoms with Crippen LogP contribution in [0.4, 0.5) is 10.2 Å². The maximum Gasteiger partial charge on any atom is 0.257 e. The average Bonchev–Trinajstić information content (AvgIpc) is 3.15. The van der Waals surface area contributed by atoms with E-state index in [1.165, 1.54) is 19.2 Å². The summed E-state index contributed by atoms with van der Waals surface area (Å²) in [6.07, 6.45) is 1.03.